The minimum Gasteiger partial charge on any atom is -0.497 e. The van der Waals surface area contributed by atoms with E-state index in [2.05, 4.69) is 22.5 Å². The van der Waals surface area contributed by atoms with Gasteiger partial charge in [-0.25, -0.2) is 0 Å². The molecule has 0 aliphatic heterocycles. The summed E-state index contributed by atoms with van der Waals surface area (Å²) in [6, 6.07) is 16.2. The molecule has 1 saturated carbocycles. The lowest BCUT2D eigenvalue weighted by molar-refractivity contribution is -0.123. The molecule has 0 bridgehead atoms. The number of hydrogen-bond acceptors (Lipinski definition) is 3. The zero-order chi connectivity index (χ0) is 18.7. The van der Waals surface area contributed by atoms with Crippen LogP contribution in [0.2, 0.25) is 0 Å². The molecule has 5 heteroatoms. The molecule has 27 heavy (non-hydrogen) atoms. The van der Waals surface area contributed by atoms with E-state index >= 15 is 0 Å². The Hall–Kier alpha value is -2.82. The average Bonchev–Trinajstić information content (AvgIpc) is 3.34. The first-order valence-electron chi connectivity index (χ1n) is 9.56. The van der Waals surface area contributed by atoms with Crippen LogP contribution in [0, 0.1) is 0 Å². The van der Waals surface area contributed by atoms with Gasteiger partial charge in [-0.3, -0.25) is 9.48 Å². The van der Waals surface area contributed by atoms with Crippen LogP contribution in [0.1, 0.15) is 37.7 Å². The second-order valence-corrected chi connectivity index (χ2v) is 7.24. The molecule has 5 nitrogen and oxygen atoms in total. The smallest absolute Gasteiger partial charge is 0.222 e. The predicted molar refractivity (Wildman–Crippen MR) is 106 cm³/mol. The number of carbonyl (C=O) groups is 1. The van der Waals surface area contributed by atoms with Crippen LogP contribution in [-0.2, 0) is 16.9 Å². The fourth-order valence-electron chi connectivity index (χ4n) is 4.12. The number of nitrogens with zero attached hydrogens (tertiary/aromatic N) is 2. The highest BCUT2D eigenvalue weighted by atomic mass is 16.5. The monoisotopic (exact) mass is 363 g/mol. The van der Waals surface area contributed by atoms with E-state index in [1.807, 2.05) is 47.3 Å². The highest BCUT2D eigenvalue weighted by molar-refractivity contribution is 5.79. The summed E-state index contributed by atoms with van der Waals surface area (Å²) in [4.78, 5) is 12.8. The maximum atomic E-state index is 12.8. The number of nitrogens with one attached hydrogen (secondary N) is 1. The number of hydrogen-bond donors (Lipinski definition) is 1. The van der Waals surface area contributed by atoms with Crippen molar-refractivity contribution in [3.05, 3.63) is 60.3 Å². The van der Waals surface area contributed by atoms with Gasteiger partial charge >= 0.3 is 0 Å². The van der Waals surface area contributed by atoms with Crippen molar-refractivity contribution < 1.29 is 9.53 Å². The van der Waals surface area contributed by atoms with Gasteiger partial charge in [-0.1, -0.05) is 43.2 Å². The van der Waals surface area contributed by atoms with Crippen molar-refractivity contribution in [2.45, 2.75) is 44.2 Å². The molecule has 4 rings (SSSR count). The molecule has 1 amide bonds. The molecule has 0 atom stereocenters. The van der Waals surface area contributed by atoms with E-state index < -0.39 is 0 Å². The van der Waals surface area contributed by atoms with Gasteiger partial charge in [0.2, 0.25) is 5.91 Å². The lowest BCUT2D eigenvalue weighted by Gasteiger charge is -2.31. The number of benzene rings is 2. The van der Waals surface area contributed by atoms with Crippen molar-refractivity contribution in [3.8, 4) is 5.75 Å². The van der Waals surface area contributed by atoms with E-state index in [4.69, 9.17) is 4.74 Å². The van der Waals surface area contributed by atoms with Gasteiger partial charge in [-0.2, -0.15) is 5.10 Å². The molecule has 0 unspecified atom stereocenters. The Kier molecular flexibility index (Phi) is 4.84. The largest absolute Gasteiger partial charge is 0.497 e. The zero-order valence-corrected chi connectivity index (χ0v) is 15.6. The van der Waals surface area contributed by atoms with Crippen LogP contribution in [0.5, 0.6) is 5.75 Å². The van der Waals surface area contributed by atoms with E-state index in [1.54, 1.807) is 7.11 Å². The van der Waals surface area contributed by atoms with E-state index in [9.17, 15) is 4.79 Å². The summed E-state index contributed by atoms with van der Waals surface area (Å²) in [6.45, 7) is 0.581. The van der Waals surface area contributed by atoms with Crippen molar-refractivity contribution in [3.63, 3.8) is 0 Å². The molecule has 0 saturated heterocycles. The molecule has 3 aromatic rings. The number of rotatable bonds is 6. The lowest BCUT2D eigenvalue weighted by Crippen LogP contribution is -2.44. The van der Waals surface area contributed by atoms with Gasteiger partial charge < -0.3 is 10.1 Å². The highest BCUT2D eigenvalue weighted by Gasteiger charge is 2.36. The zero-order valence-electron chi connectivity index (χ0n) is 15.6. The molecule has 2 aromatic carbocycles. The molecule has 1 aromatic heterocycles. The second-order valence-electron chi connectivity index (χ2n) is 7.24. The molecule has 140 valence electrons. The summed E-state index contributed by atoms with van der Waals surface area (Å²) in [7, 11) is 1.67. The van der Waals surface area contributed by atoms with E-state index in [0.29, 0.717) is 13.0 Å². The van der Waals surface area contributed by atoms with Crippen molar-refractivity contribution >= 4 is 16.8 Å². The highest BCUT2D eigenvalue weighted by Crippen LogP contribution is 2.39. The quantitative estimate of drug-likeness (QED) is 0.720. The van der Waals surface area contributed by atoms with Gasteiger partial charge in [0.05, 0.1) is 30.9 Å². The fraction of sp³-hybridized carbons (Fsp3) is 0.364. The number of methoxy groups -OCH3 is 1. The Morgan fingerprint density at radius 1 is 1.15 bits per heavy atom. The number of carbonyl (C=O) groups excluding carboxylic acids is 1. The molecule has 1 heterocycles. The molecule has 0 radical (unpaired) electrons. The van der Waals surface area contributed by atoms with Crippen LogP contribution in [0.4, 0.5) is 0 Å². The maximum absolute atomic E-state index is 12.8. The van der Waals surface area contributed by atoms with Crippen molar-refractivity contribution in [1.82, 2.24) is 15.1 Å². The molecular formula is C22H25N3O2. The second kappa shape index (κ2) is 7.43. The number of para-hydroxylation sites is 1. The van der Waals surface area contributed by atoms with Crippen LogP contribution in [0.3, 0.4) is 0 Å². The summed E-state index contributed by atoms with van der Waals surface area (Å²) in [5.74, 6) is 0.913. The van der Waals surface area contributed by atoms with Crippen molar-refractivity contribution in [2.75, 3.05) is 7.11 Å². The van der Waals surface area contributed by atoms with Crippen LogP contribution in [0.25, 0.3) is 10.9 Å². The minimum absolute atomic E-state index is 0.0762. The van der Waals surface area contributed by atoms with Gasteiger partial charge in [-0.15, -0.1) is 0 Å². The SMILES string of the molecule is COc1ccc(C2(NC(=O)CCn3ncc4ccccc43)CCCC2)cc1. The number of ether oxygens (including phenoxy) is 1. The number of aryl methyl sites for hydroxylation is 1. The lowest BCUT2D eigenvalue weighted by atomic mass is 9.88. The summed E-state index contributed by atoms with van der Waals surface area (Å²) < 4.78 is 7.17. The normalized spacial score (nSPS) is 15.7. The van der Waals surface area contributed by atoms with Gasteiger partial charge in [0, 0.05) is 11.8 Å². The summed E-state index contributed by atoms with van der Waals surface area (Å²) in [5.41, 5.74) is 1.98. The Bertz CT molecular complexity index is 924. The van der Waals surface area contributed by atoms with Crippen molar-refractivity contribution in [1.29, 1.82) is 0 Å². The molecule has 1 aliphatic rings. The van der Waals surface area contributed by atoms with Gasteiger partial charge in [-0.05, 0) is 36.6 Å². The Morgan fingerprint density at radius 3 is 2.63 bits per heavy atom. The molecule has 1 aliphatic carbocycles. The topological polar surface area (TPSA) is 56.1 Å². The summed E-state index contributed by atoms with van der Waals surface area (Å²) in [5, 5.41) is 8.85. The van der Waals surface area contributed by atoms with Crippen LogP contribution < -0.4 is 10.1 Å². The fourth-order valence-corrected chi connectivity index (χ4v) is 4.12. The third-order valence-corrected chi connectivity index (χ3v) is 5.58. The summed E-state index contributed by atoms with van der Waals surface area (Å²) in [6.07, 6.45) is 6.50. The first kappa shape index (κ1) is 17.6. The molecule has 1 fully saturated rings. The maximum Gasteiger partial charge on any atom is 0.222 e. The number of fused-ring (bicyclic) bond motifs is 1. The van der Waals surface area contributed by atoms with E-state index in [1.165, 1.54) is 5.56 Å². The predicted octanol–water partition coefficient (Wildman–Crippen LogP) is 4.02. The van der Waals surface area contributed by atoms with E-state index in [0.717, 1.165) is 42.3 Å². The Morgan fingerprint density at radius 2 is 1.89 bits per heavy atom. The molecule has 0 spiro atoms. The first-order chi connectivity index (χ1) is 13.2. The third-order valence-electron chi connectivity index (χ3n) is 5.58. The Balaban J connectivity index is 1.46. The average molecular weight is 363 g/mol. The van der Waals surface area contributed by atoms with Crippen LogP contribution >= 0.6 is 0 Å². The van der Waals surface area contributed by atoms with Crippen LogP contribution in [0.15, 0.2) is 54.7 Å². The van der Waals surface area contributed by atoms with Gasteiger partial charge in [0.15, 0.2) is 0 Å². The first-order valence-corrected chi connectivity index (χ1v) is 9.56. The van der Waals surface area contributed by atoms with Crippen LogP contribution in [-0.4, -0.2) is 22.8 Å². The van der Waals surface area contributed by atoms with Gasteiger partial charge in [0.1, 0.15) is 5.75 Å². The minimum atomic E-state index is -0.254. The molecule has 1 N–H and O–H groups in total. The molecular weight excluding hydrogens is 338 g/mol. The number of amides is 1. The van der Waals surface area contributed by atoms with E-state index in [-0.39, 0.29) is 11.4 Å². The number of aromatic nitrogens is 2. The van der Waals surface area contributed by atoms with Gasteiger partial charge in [0.25, 0.3) is 0 Å². The summed E-state index contributed by atoms with van der Waals surface area (Å²) >= 11 is 0. The van der Waals surface area contributed by atoms with Crippen molar-refractivity contribution in [2.24, 2.45) is 0 Å². The Labute approximate surface area is 159 Å². The third kappa shape index (κ3) is 3.54. The standard InChI is InChI=1S/C22H25N3O2/c1-27-19-10-8-18(9-11-19)22(13-4-5-14-22)24-21(26)12-15-25-20-7-3-2-6-17(20)16-23-25/h2-3,6-11,16H,4-5,12-15H2,1H3,(H,24,26).